The molecule has 186 valence electrons. The van der Waals surface area contributed by atoms with E-state index in [0.717, 1.165) is 25.7 Å². The minimum absolute atomic E-state index is 0.108. The number of methoxy groups -OCH3 is 1. The molecular weight excluding hydrogens is 524 g/mol. The van der Waals surface area contributed by atoms with Gasteiger partial charge >= 0.3 is 0 Å². The van der Waals surface area contributed by atoms with E-state index in [-0.39, 0.29) is 24.5 Å². The van der Waals surface area contributed by atoms with Crippen molar-refractivity contribution in [1.29, 1.82) is 5.26 Å². The summed E-state index contributed by atoms with van der Waals surface area (Å²) < 4.78 is 11.9. The maximum absolute atomic E-state index is 13.1. The predicted molar refractivity (Wildman–Crippen MR) is 141 cm³/mol. The first-order valence-corrected chi connectivity index (χ1v) is 12.6. The third-order valence-electron chi connectivity index (χ3n) is 6.22. The fourth-order valence-corrected chi connectivity index (χ4v) is 4.72. The van der Waals surface area contributed by atoms with Crippen LogP contribution < -0.4 is 19.8 Å². The average molecular weight is 551 g/mol. The lowest BCUT2D eigenvalue weighted by Gasteiger charge is -2.22. The molecule has 0 unspecified atom stereocenters. The Morgan fingerprint density at radius 1 is 1.22 bits per heavy atom. The Hall–Kier alpha value is -3.64. The SMILES string of the molecule is COc1cc(C=C2C(=O)N(c3ccc(C#N)cc3)N=C2C)c(Br)cc1OCC(=O)NC1CCCCC1. The highest BCUT2D eigenvalue weighted by Crippen LogP contribution is 2.35. The van der Waals surface area contributed by atoms with Gasteiger partial charge in [-0.05, 0) is 67.8 Å². The molecule has 0 atom stereocenters. The molecular formula is C27H27BrN4O4. The number of nitriles is 1. The van der Waals surface area contributed by atoms with Crippen LogP contribution in [0.15, 0.2) is 51.5 Å². The molecule has 0 radical (unpaired) electrons. The zero-order valence-electron chi connectivity index (χ0n) is 20.2. The minimum Gasteiger partial charge on any atom is -0.493 e. The number of benzene rings is 2. The Balaban J connectivity index is 1.48. The predicted octanol–water partition coefficient (Wildman–Crippen LogP) is 4.96. The Bertz CT molecular complexity index is 1260. The van der Waals surface area contributed by atoms with E-state index in [0.29, 0.717) is 44.1 Å². The summed E-state index contributed by atoms with van der Waals surface area (Å²) in [5.74, 6) is 0.438. The monoisotopic (exact) mass is 550 g/mol. The number of anilines is 1. The highest BCUT2D eigenvalue weighted by Gasteiger charge is 2.29. The van der Waals surface area contributed by atoms with Crippen molar-refractivity contribution < 1.29 is 19.1 Å². The Labute approximate surface area is 218 Å². The Morgan fingerprint density at radius 3 is 2.61 bits per heavy atom. The van der Waals surface area contributed by atoms with Crippen molar-refractivity contribution in [3.63, 3.8) is 0 Å². The number of halogens is 1. The van der Waals surface area contributed by atoms with Crippen LogP contribution in [0.3, 0.4) is 0 Å². The van der Waals surface area contributed by atoms with Gasteiger partial charge in [-0.25, -0.2) is 0 Å². The summed E-state index contributed by atoms with van der Waals surface area (Å²) in [5.41, 5.74) is 2.78. The second-order valence-corrected chi connectivity index (χ2v) is 9.59. The van der Waals surface area contributed by atoms with Gasteiger partial charge in [0.25, 0.3) is 11.8 Å². The Kier molecular flexibility index (Phi) is 8.06. The molecule has 0 bridgehead atoms. The van der Waals surface area contributed by atoms with Crippen LogP contribution in [0.2, 0.25) is 0 Å². The third-order valence-corrected chi connectivity index (χ3v) is 6.90. The zero-order chi connectivity index (χ0) is 25.7. The fourth-order valence-electron chi connectivity index (χ4n) is 4.29. The number of nitrogens with one attached hydrogen (secondary N) is 1. The van der Waals surface area contributed by atoms with Gasteiger partial charge in [0.15, 0.2) is 18.1 Å². The molecule has 1 N–H and O–H groups in total. The van der Waals surface area contributed by atoms with Gasteiger partial charge in [-0.2, -0.15) is 15.4 Å². The molecule has 1 saturated carbocycles. The summed E-state index contributed by atoms with van der Waals surface area (Å²) in [4.78, 5) is 25.5. The van der Waals surface area contributed by atoms with Crippen LogP contribution in [-0.4, -0.2) is 37.3 Å². The standard InChI is InChI=1S/C27H27BrN4O4/c1-17-22(27(34)32(31-17)21-10-8-18(15-29)9-11-21)12-19-13-24(35-2)25(14-23(19)28)36-16-26(33)30-20-6-4-3-5-7-20/h8-14,20H,3-7,16H2,1-2H3,(H,30,33). The van der Waals surface area contributed by atoms with Gasteiger partial charge in [0.2, 0.25) is 0 Å². The van der Waals surface area contributed by atoms with E-state index < -0.39 is 0 Å². The van der Waals surface area contributed by atoms with Gasteiger partial charge in [-0.15, -0.1) is 0 Å². The number of ether oxygens (including phenoxy) is 2. The molecule has 0 saturated heterocycles. The topological polar surface area (TPSA) is 104 Å². The number of rotatable bonds is 7. The van der Waals surface area contributed by atoms with E-state index in [9.17, 15) is 9.59 Å². The fraction of sp³-hybridized carbons (Fsp3) is 0.333. The van der Waals surface area contributed by atoms with E-state index in [2.05, 4.69) is 32.4 Å². The summed E-state index contributed by atoms with van der Waals surface area (Å²) in [6.07, 6.45) is 7.25. The molecule has 2 aromatic rings. The van der Waals surface area contributed by atoms with Crippen molar-refractivity contribution in [1.82, 2.24) is 5.32 Å². The molecule has 1 heterocycles. The summed E-state index contributed by atoms with van der Waals surface area (Å²) in [6.45, 7) is 1.66. The van der Waals surface area contributed by atoms with Crippen LogP contribution >= 0.6 is 15.9 Å². The van der Waals surface area contributed by atoms with Crippen LogP contribution in [-0.2, 0) is 9.59 Å². The first-order chi connectivity index (χ1) is 17.4. The van der Waals surface area contributed by atoms with E-state index in [1.165, 1.54) is 18.5 Å². The summed E-state index contributed by atoms with van der Waals surface area (Å²) >= 11 is 3.54. The third kappa shape index (κ3) is 5.77. The smallest absolute Gasteiger partial charge is 0.280 e. The van der Waals surface area contributed by atoms with Crippen molar-refractivity contribution in [2.75, 3.05) is 18.7 Å². The zero-order valence-corrected chi connectivity index (χ0v) is 21.8. The van der Waals surface area contributed by atoms with Crippen molar-refractivity contribution >= 4 is 45.2 Å². The molecule has 2 amide bonds. The van der Waals surface area contributed by atoms with E-state index in [1.807, 2.05) is 0 Å². The highest BCUT2D eigenvalue weighted by molar-refractivity contribution is 9.10. The molecule has 0 spiro atoms. The van der Waals surface area contributed by atoms with Gasteiger partial charge in [-0.1, -0.05) is 35.2 Å². The molecule has 36 heavy (non-hydrogen) atoms. The summed E-state index contributed by atoms with van der Waals surface area (Å²) in [7, 11) is 1.52. The van der Waals surface area contributed by atoms with Crippen molar-refractivity contribution in [3.05, 3.63) is 57.6 Å². The molecule has 4 rings (SSSR count). The van der Waals surface area contributed by atoms with E-state index >= 15 is 0 Å². The maximum Gasteiger partial charge on any atom is 0.280 e. The van der Waals surface area contributed by atoms with Gasteiger partial charge in [0.1, 0.15) is 0 Å². The van der Waals surface area contributed by atoms with Gasteiger partial charge in [0, 0.05) is 10.5 Å². The molecule has 1 aliphatic carbocycles. The lowest BCUT2D eigenvalue weighted by atomic mass is 9.95. The first-order valence-electron chi connectivity index (χ1n) is 11.8. The maximum atomic E-state index is 13.1. The van der Waals surface area contributed by atoms with Crippen LogP contribution in [0.4, 0.5) is 5.69 Å². The Morgan fingerprint density at radius 2 is 1.94 bits per heavy atom. The number of hydrogen-bond donors (Lipinski definition) is 1. The minimum atomic E-state index is -0.275. The molecule has 2 aromatic carbocycles. The number of hydrogen-bond acceptors (Lipinski definition) is 6. The number of carbonyl (C=O) groups excluding carboxylic acids is 2. The van der Waals surface area contributed by atoms with E-state index in [1.54, 1.807) is 49.4 Å². The quantitative estimate of drug-likeness (QED) is 0.490. The van der Waals surface area contributed by atoms with Crippen molar-refractivity contribution in [3.8, 4) is 17.6 Å². The van der Waals surface area contributed by atoms with Crippen LogP contribution in [0.25, 0.3) is 6.08 Å². The normalized spacial score (nSPS) is 17.1. The van der Waals surface area contributed by atoms with Gasteiger partial charge in [0.05, 0.1) is 35.7 Å². The molecule has 8 nitrogen and oxygen atoms in total. The second-order valence-electron chi connectivity index (χ2n) is 8.73. The summed E-state index contributed by atoms with van der Waals surface area (Å²) in [6, 6.07) is 12.4. The number of amides is 2. The van der Waals surface area contributed by atoms with Crippen molar-refractivity contribution in [2.24, 2.45) is 5.10 Å². The highest BCUT2D eigenvalue weighted by atomic mass is 79.9. The molecule has 1 aliphatic heterocycles. The number of hydrazone groups is 1. The van der Waals surface area contributed by atoms with Crippen LogP contribution in [0.5, 0.6) is 11.5 Å². The summed E-state index contributed by atoms with van der Waals surface area (Å²) in [5, 5.41) is 17.7. The lowest BCUT2D eigenvalue weighted by Crippen LogP contribution is -2.39. The first kappa shape index (κ1) is 25.5. The lowest BCUT2D eigenvalue weighted by molar-refractivity contribution is -0.124. The molecule has 2 aliphatic rings. The number of carbonyl (C=O) groups is 2. The van der Waals surface area contributed by atoms with Gasteiger partial charge in [-0.3, -0.25) is 9.59 Å². The number of nitrogens with zero attached hydrogens (tertiary/aromatic N) is 3. The van der Waals surface area contributed by atoms with Crippen LogP contribution in [0.1, 0.15) is 50.2 Å². The second kappa shape index (κ2) is 11.4. The molecule has 9 heteroatoms. The van der Waals surface area contributed by atoms with Crippen LogP contribution in [0, 0.1) is 11.3 Å². The van der Waals surface area contributed by atoms with E-state index in [4.69, 9.17) is 14.7 Å². The average Bonchev–Trinajstić information content (AvgIpc) is 3.17. The van der Waals surface area contributed by atoms with Gasteiger partial charge < -0.3 is 14.8 Å². The van der Waals surface area contributed by atoms with Crippen molar-refractivity contribution in [2.45, 2.75) is 45.1 Å². The molecule has 1 fully saturated rings. The molecule has 0 aromatic heterocycles. The largest absolute Gasteiger partial charge is 0.493 e.